The van der Waals surface area contributed by atoms with E-state index in [-0.39, 0.29) is 5.91 Å². The Labute approximate surface area is 120 Å². The minimum Gasteiger partial charge on any atom is -0.341 e. The molecule has 1 heterocycles. The number of rotatable bonds is 3. The van der Waals surface area contributed by atoms with Crippen LogP contribution in [0.4, 0.5) is 4.79 Å². The van der Waals surface area contributed by atoms with Crippen molar-refractivity contribution in [3.63, 3.8) is 0 Å². The van der Waals surface area contributed by atoms with Crippen LogP contribution >= 0.6 is 11.8 Å². The van der Waals surface area contributed by atoms with Gasteiger partial charge in [0, 0.05) is 14.1 Å². The molecule has 0 fully saturated rings. The van der Waals surface area contributed by atoms with Gasteiger partial charge in [-0.2, -0.15) is 0 Å². The van der Waals surface area contributed by atoms with Crippen molar-refractivity contribution in [2.24, 2.45) is 7.05 Å². The first kappa shape index (κ1) is 14.4. The number of benzene rings is 1. The number of nitrogens with one attached hydrogen (secondary N) is 2. The van der Waals surface area contributed by atoms with Gasteiger partial charge in [0.05, 0.1) is 16.3 Å². The molecule has 0 bridgehead atoms. The van der Waals surface area contributed by atoms with Gasteiger partial charge in [-0.15, -0.1) is 0 Å². The molecule has 2 N–H and O–H groups in total. The largest absolute Gasteiger partial charge is 0.341 e. The first-order chi connectivity index (χ1) is 9.52. The summed E-state index contributed by atoms with van der Waals surface area (Å²) in [5.74, 6) is -0.346. The Bertz CT molecular complexity index is 653. The Kier molecular flexibility index (Phi) is 4.29. The Morgan fingerprint density at radius 3 is 2.70 bits per heavy atom. The lowest BCUT2D eigenvalue weighted by atomic mass is 10.3. The van der Waals surface area contributed by atoms with E-state index < -0.39 is 11.3 Å². The molecule has 0 aliphatic rings. The van der Waals surface area contributed by atoms with E-state index in [2.05, 4.69) is 15.6 Å². The summed E-state index contributed by atoms with van der Waals surface area (Å²) >= 11 is 1.32. The number of para-hydroxylation sites is 2. The predicted octanol–water partition coefficient (Wildman–Crippen LogP) is 1.51. The van der Waals surface area contributed by atoms with E-state index in [4.69, 9.17) is 0 Å². The van der Waals surface area contributed by atoms with Gasteiger partial charge in [-0.3, -0.25) is 10.1 Å². The SMILES string of the molecule is CNC(=O)NC(=O)C(C)Sc1nc2ccccc2n1C. The van der Waals surface area contributed by atoms with Gasteiger partial charge >= 0.3 is 6.03 Å². The highest BCUT2D eigenvalue weighted by molar-refractivity contribution is 8.00. The monoisotopic (exact) mass is 292 g/mol. The third-order valence-corrected chi connectivity index (χ3v) is 4.00. The van der Waals surface area contributed by atoms with Gasteiger partial charge in [0.1, 0.15) is 0 Å². The molecule has 6 nitrogen and oxygen atoms in total. The van der Waals surface area contributed by atoms with E-state index in [1.807, 2.05) is 35.9 Å². The third kappa shape index (κ3) is 2.93. The number of hydrogen-bond donors (Lipinski definition) is 2. The van der Waals surface area contributed by atoms with E-state index in [0.29, 0.717) is 0 Å². The Balaban J connectivity index is 2.13. The van der Waals surface area contributed by atoms with Gasteiger partial charge in [-0.1, -0.05) is 23.9 Å². The highest BCUT2D eigenvalue weighted by Crippen LogP contribution is 2.26. The number of nitrogens with zero attached hydrogens (tertiary/aromatic N) is 2. The van der Waals surface area contributed by atoms with E-state index >= 15 is 0 Å². The predicted molar refractivity (Wildman–Crippen MR) is 78.6 cm³/mol. The summed E-state index contributed by atoms with van der Waals surface area (Å²) in [5, 5.41) is 4.93. The number of amides is 3. The van der Waals surface area contributed by atoms with E-state index in [1.165, 1.54) is 18.8 Å². The lowest BCUT2D eigenvalue weighted by molar-refractivity contribution is -0.119. The molecule has 2 rings (SSSR count). The van der Waals surface area contributed by atoms with Crippen LogP contribution in [-0.4, -0.2) is 33.8 Å². The summed E-state index contributed by atoms with van der Waals surface area (Å²) in [7, 11) is 3.37. The van der Waals surface area contributed by atoms with Crippen LogP contribution < -0.4 is 10.6 Å². The van der Waals surface area contributed by atoms with Gasteiger partial charge in [-0.05, 0) is 19.1 Å². The zero-order chi connectivity index (χ0) is 14.7. The molecule has 0 saturated carbocycles. The van der Waals surface area contributed by atoms with Crippen LogP contribution in [0.1, 0.15) is 6.92 Å². The second-order valence-corrected chi connectivity index (χ2v) is 5.58. The van der Waals surface area contributed by atoms with Crippen LogP contribution in [0.2, 0.25) is 0 Å². The third-order valence-electron chi connectivity index (χ3n) is 2.86. The maximum Gasteiger partial charge on any atom is 0.321 e. The zero-order valence-electron chi connectivity index (χ0n) is 11.5. The number of imide groups is 1. The zero-order valence-corrected chi connectivity index (χ0v) is 12.3. The van der Waals surface area contributed by atoms with Crippen LogP contribution in [0.25, 0.3) is 11.0 Å². The number of carbonyl (C=O) groups excluding carboxylic acids is 2. The second-order valence-electron chi connectivity index (χ2n) is 4.27. The maximum absolute atomic E-state index is 11.8. The van der Waals surface area contributed by atoms with Crippen LogP contribution in [0.3, 0.4) is 0 Å². The van der Waals surface area contributed by atoms with Crippen molar-refractivity contribution in [1.29, 1.82) is 0 Å². The van der Waals surface area contributed by atoms with Crippen molar-refractivity contribution < 1.29 is 9.59 Å². The molecular formula is C13H16N4O2S. The summed E-state index contributed by atoms with van der Waals surface area (Å²) in [6.07, 6.45) is 0. The van der Waals surface area contributed by atoms with Crippen molar-refractivity contribution in [3.8, 4) is 0 Å². The molecule has 0 spiro atoms. The van der Waals surface area contributed by atoms with Gasteiger partial charge < -0.3 is 9.88 Å². The summed E-state index contributed by atoms with van der Waals surface area (Å²) in [6.45, 7) is 1.74. The minimum atomic E-state index is -0.507. The molecule has 1 aromatic heterocycles. The van der Waals surface area contributed by atoms with E-state index in [9.17, 15) is 9.59 Å². The standard InChI is InChI=1S/C13H16N4O2S/c1-8(11(18)16-12(19)14-2)20-13-15-9-6-4-5-7-10(9)17(13)3/h4-8H,1-3H3,(H2,14,16,18,19). The highest BCUT2D eigenvalue weighted by Gasteiger charge is 2.19. The van der Waals surface area contributed by atoms with Crippen molar-refractivity contribution >= 4 is 34.7 Å². The summed E-state index contributed by atoms with van der Waals surface area (Å²) in [6, 6.07) is 7.26. The first-order valence-electron chi connectivity index (χ1n) is 6.13. The fourth-order valence-corrected chi connectivity index (χ4v) is 2.61. The van der Waals surface area contributed by atoms with Crippen molar-refractivity contribution in [2.45, 2.75) is 17.3 Å². The summed E-state index contributed by atoms with van der Waals surface area (Å²) < 4.78 is 1.93. The summed E-state index contributed by atoms with van der Waals surface area (Å²) in [4.78, 5) is 27.4. The van der Waals surface area contributed by atoms with Gasteiger partial charge in [0.15, 0.2) is 5.16 Å². The Morgan fingerprint density at radius 2 is 2.05 bits per heavy atom. The van der Waals surface area contributed by atoms with Crippen LogP contribution in [0, 0.1) is 0 Å². The molecule has 0 saturated heterocycles. The fraction of sp³-hybridized carbons (Fsp3) is 0.308. The van der Waals surface area contributed by atoms with Crippen molar-refractivity contribution in [1.82, 2.24) is 20.2 Å². The smallest absolute Gasteiger partial charge is 0.321 e. The van der Waals surface area contributed by atoms with Gasteiger partial charge in [0.25, 0.3) is 0 Å². The minimum absolute atomic E-state index is 0.346. The Hall–Kier alpha value is -2.02. The van der Waals surface area contributed by atoms with Crippen LogP contribution in [0.15, 0.2) is 29.4 Å². The lowest BCUT2D eigenvalue weighted by Gasteiger charge is -2.10. The summed E-state index contributed by atoms with van der Waals surface area (Å²) in [5.41, 5.74) is 1.89. The average Bonchev–Trinajstić information content (AvgIpc) is 2.75. The molecule has 1 unspecified atom stereocenters. The molecule has 20 heavy (non-hydrogen) atoms. The van der Waals surface area contributed by atoms with Gasteiger partial charge in [-0.25, -0.2) is 9.78 Å². The van der Waals surface area contributed by atoms with E-state index in [0.717, 1.165) is 16.2 Å². The fourth-order valence-electron chi connectivity index (χ4n) is 1.72. The molecule has 1 atom stereocenters. The average molecular weight is 292 g/mol. The normalized spacial score (nSPS) is 12.2. The molecule has 2 aromatic rings. The Morgan fingerprint density at radius 1 is 1.35 bits per heavy atom. The topological polar surface area (TPSA) is 76.0 Å². The number of aromatic nitrogens is 2. The molecule has 106 valence electrons. The van der Waals surface area contributed by atoms with Crippen LogP contribution in [-0.2, 0) is 11.8 Å². The number of carbonyl (C=O) groups is 2. The molecule has 0 radical (unpaired) electrons. The van der Waals surface area contributed by atoms with Crippen LogP contribution in [0.5, 0.6) is 0 Å². The van der Waals surface area contributed by atoms with Crippen molar-refractivity contribution in [2.75, 3.05) is 7.05 Å². The number of thioether (sulfide) groups is 1. The number of imidazole rings is 1. The molecule has 7 heteroatoms. The molecule has 1 aromatic carbocycles. The van der Waals surface area contributed by atoms with E-state index in [1.54, 1.807) is 6.92 Å². The number of hydrogen-bond acceptors (Lipinski definition) is 4. The van der Waals surface area contributed by atoms with Gasteiger partial charge in [0.2, 0.25) is 5.91 Å². The first-order valence-corrected chi connectivity index (χ1v) is 7.01. The maximum atomic E-state index is 11.8. The second kappa shape index (κ2) is 5.96. The quantitative estimate of drug-likeness (QED) is 0.841. The molecule has 0 aliphatic carbocycles. The molecular weight excluding hydrogens is 276 g/mol. The lowest BCUT2D eigenvalue weighted by Crippen LogP contribution is -2.41. The number of urea groups is 1. The number of aryl methyl sites for hydroxylation is 1. The number of fused-ring (bicyclic) bond motifs is 1. The van der Waals surface area contributed by atoms with Crippen molar-refractivity contribution in [3.05, 3.63) is 24.3 Å². The highest BCUT2D eigenvalue weighted by atomic mass is 32.2. The molecule has 3 amide bonds. The molecule has 0 aliphatic heterocycles.